The first kappa shape index (κ1) is 14.7. The van der Waals surface area contributed by atoms with E-state index in [9.17, 15) is 0 Å². The molecule has 17 heavy (non-hydrogen) atoms. The van der Waals surface area contributed by atoms with Gasteiger partial charge in [-0.25, -0.2) is 9.58 Å². The second kappa shape index (κ2) is 6.01. The number of hydrogen-bond donors (Lipinski definition) is 1. The maximum absolute atomic E-state index is 5.97. The second-order valence-electron chi connectivity index (χ2n) is 4.50. The highest BCUT2D eigenvalue weighted by atomic mass is 35.5. The molecule has 1 saturated heterocycles. The Balaban J connectivity index is 0.00000144. The molecule has 1 aromatic rings. The number of pyridine rings is 1. The summed E-state index contributed by atoms with van der Waals surface area (Å²) in [5.74, 6) is 0. The fourth-order valence-corrected chi connectivity index (χ4v) is 2.54. The zero-order valence-corrected chi connectivity index (χ0v) is 11.9. The SMILES string of the molecule is CN[N+]1(c2cnc(Cl)c(C)c2)CCCCC1.Cl. The summed E-state index contributed by atoms with van der Waals surface area (Å²) < 4.78 is 0.838. The molecule has 0 aliphatic carbocycles. The van der Waals surface area contributed by atoms with E-state index >= 15 is 0 Å². The van der Waals surface area contributed by atoms with Crippen LogP contribution in [0.1, 0.15) is 24.8 Å². The summed E-state index contributed by atoms with van der Waals surface area (Å²) in [7, 11) is 2.02. The van der Waals surface area contributed by atoms with Gasteiger partial charge in [-0.15, -0.1) is 12.4 Å². The average molecular weight is 277 g/mol. The van der Waals surface area contributed by atoms with Gasteiger partial charge in [-0.05, 0) is 31.7 Å². The van der Waals surface area contributed by atoms with E-state index in [1.165, 1.54) is 24.9 Å². The molecule has 1 aliphatic heterocycles. The van der Waals surface area contributed by atoms with Crippen molar-refractivity contribution in [1.82, 2.24) is 15.0 Å². The van der Waals surface area contributed by atoms with Gasteiger partial charge in [-0.1, -0.05) is 11.6 Å². The van der Waals surface area contributed by atoms with Gasteiger partial charge >= 0.3 is 0 Å². The third-order valence-electron chi connectivity index (χ3n) is 3.50. The van der Waals surface area contributed by atoms with E-state index in [0.717, 1.165) is 23.2 Å². The molecule has 2 heterocycles. The number of hydrogen-bond acceptors (Lipinski definition) is 2. The van der Waals surface area contributed by atoms with Crippen molar-refractivity contribution < 1.29 is 0 Å². The zero-order chi connectivity index (χ0) is 11.6. The quantitative estimate of drug-likeness (QED) is 0.663. The molecule has 1 aromatic heterocycles. The summed E-state index contributed by atoms with van der Waals surface area (Å²) in [4.78, 5) is 4.26. The first-order valence-electron chi connectivity index (χ1n) is 5.87. The first-order valence-corrected chi connectivity index (χ1v) is 6.24. The van der Waals surface area contributed by atoms with Gasteiger partial charge in [0.2, 0.25) is 0 Å². The lowest BCUT2D eigenvalue weighted by Crippen LogP contribution is -2.60. The van der Waals surface area contributed by atoms with E-state index in [1.54, 1.807) is 0 Å². The van der Waals surface area contributed by atoms with Crippen molar-refractivity contribution in [1.29, 1.82) is 0 Å². The number of aryl methyl sites for hydroxylation is 1. The van der Waals surface area contributed by atoms with Crippen molar-refractivity contribution in [3.8, 4) is 0 Å². The lowest BCUT2D eigenvalue weighted by molar-refractivity contribution is 0.173. The van der Waals surface area contributed by atoms with Gasteiger partial charge in [0, 0.05) is 13.1 Å². The van der Waals surface area contributed by atoms with Crippen molar-refractivity contribution in [2.45, 2.75) is 26.2 Å². The molecule has 0 radical (unpaired) electrons. The minimum Gasteiger partial charge on any atom is -0.238 e. The lowest BCUT2D eigenvalue weighted by atomic mass is 10.1. The van der Waals surface area contributed by atoms with Crippen LogP contribution in [0.4, 0.5) is 5.69 Å². The van der Waals surface area contributed by atoms with Gasteiger partial charge in [-0.3, -0.25) is 0 Å². The molecule has 2 rings (SSSR count). The van der Waals surface area contributed by atoms with E-state index in [4.69, 9.17) is 11.6 Å². The van der Waals surface area contributed by atoms with Crippen LogP contribution in [0.5, 0.6) is 0 Å². The van der Waals surface area contributed by atoms with Crippen LogP contribution < -0.4 is 10.0 Å². The number of piperidine rings is 1. The molecule has 96 valence electrons. The van der Waals surface area contributed by atoms with Gasteiger partial charge < -0.3 is 0 Å². The number of quaternary nitrogens is 1. The molecule has 3 nitrogen and oxygen atoms in total. The van der Waals surface area contributed by atoms with Crippen molar-refractivity contribution in [2.75, 3.05) is 20.1 Å². The largest absolute Gasteiger partial charge is 0.238 e. The molecule has 0 amide bonds. The molecule has 0 spiro atoms. The van der Waals surface area contributed by atoms with Gasteiger partial charge in [-0.2, -0.15) is 5.43 Å². The number of nitrogens with zero attached hydrogens (tertiary/aromatic N) is 2. The Kier molecular flexibility index (Phi) is 5.20. The summed E-state index contributed by atoms with van der Waals surface area (Å²) in [5.41, 5.74) is 5.71. The van der Waals surface area contributed by atoms with Crippen LogP contribution in [0, 0.1) is 6.92 Å². The molecule has 0 aromatic carbocycles. The fourth-order valence-electron chi connectivity index (χ4n) is 2.44. The first-order chi connectivity index (χ1) is 7.68. The van der Waals surface area contributed by atoms with E-state index in [1.807, 2.05) is 20.2 Å². The molecule has 1 N–H and O–H groups in total. The van der Waals surface area contributed by atoms with Gasteiger partial charge in [0.25, 0.3) is 0 Å². The van der Waals surface area contributed by atoms with Gasteiger partial charge in [0.1, 0.15) is 18.2 Å². The van der Waals surface area contributed by atoms with E-state index in [2.05, 4.69) is 16.5 Å². The topological polar surface area (TPSA) is 24.9 Å². The van der Waals surface area contributed by atoms with Crippen molar-refractivity contribution in [3.05, 3.63) is 23.0 Å². The van der Waals surface area contributed by atoms with Gasteiger partial charge in [0.15, 0.2) is 5.69 Å². The summed E-state index contributed by atoms with van der Waals surface area (Å²) in [5, 5.41) is 0.606. The summed E-state index contributed by atoms with van der Waals surface area (Å²) in [6, 6.07) is 2.15. The molecular weight excluding hydrogens is 257 g/mol. The highest BCUT2D eigenvalue weighted by molar-refractivity contribution is 6.30. The Bertz CT molecular complexity index is 376. The molecule has 0 atom stereocenters. The van der Waals surface area contributed by atoms with Crippen molar-refractivity contribution in [2.24, 2.45) is 0 Å². The molecule has 0 unspecified atom stereocenters. The second-order valence-corrected chi connectivity index (χ2v) is 4.86. The molecule has 5 heteroatoms. The third-order valence-corrected chi connectivity index (χ3v) is 3.90. The lowest BCUT2D eigenvalue weighted by Gasteiger charge is -2.39. The molecule has 1 fully saturated rings. The Labute approximate surface area is 114 Å². The number of aromatic nitrogens is 1. The van der Waals surface area contributed by atoms with Crippen molar-refractivity contribution in [3.63, 3.8) is 0 Å². The zero-order valence-electron chi connectivity index (χ0n) is 10.4. The van der Waals surface area contributed by atoms with Crippen LogP contribution in [-0.4, -0.2) is 25.1 Å². The van der Waals surface area contributed by atoms with Crippen LogP contribution in [0.25, 0.3) is 0 Å². The molecule has 0 saturated carbocycles. The third kappa shape index (κ3) is 2.91. The average Bonchev–Trinajstić information content (AvgIpc) is 2.33. The van der Waals surface area contributed by atoms with Crippen LogP contribution >= 0.6 is 24.0 Å². The monoisotopic (exact) mass is 276 g/mol. The minimum atomic E-state index is 0. The Morgan fingerprint density at radius 1 is 1.29 bits per heavy atom. The predicted octanol–water partition coefficient (Wildman–Crippen LogP) is 3.09. The maximum Gasteiger partial charge on any atom is 0.171 e. The molecule has 1 aliphatic rings. The smallest absolute Gasteiger partial charge is 0.171 e. The molecule has 0 bridgehead atoms. The van der Waals surface area contributed by atoms with E-state index < -0.39 is 0 Å². The maximum atomic E-state index is 5.97. The van der Waals surface area contributed by atoms with Crippen LogP contribution in [0.3, 0.4) is 0 Å². The van der Waals surface area contributed by atoms with Crippen LogP contribution in [0.2, 0.25) is 5.15 Å². The fraction of sp³-hybridized carbons (Fsp3) is 0.583. The van der Waals surface area contributed by atoms with Crippen LogP contribution in [0.15, 0.2) is 12.3 Å². The Morgan fingerprint density at radius 2 is 1.94 bits per heavy atom. The summed E-state index contributed by atoms with van der Waals surface area (Å²) >= 11 is 5.97. The van der Waals surface area contributed by atoms with E-state index in [0.29, 0.717) is 5.15 Å². The highest BCUT2D eigenvalue weighted by Crippen LogP contribution is 2.27. The van der Waals surface area contributed by atoms with Crippen LogP contribution in [-0.2, 0) is 0 Å². The Morgan fingerprint density at radius 3 is 2.47 bits per heavy atom. The standard InChI is InChI=1S/C12H19ClN3.ClH/c1-10-8-11(9-15-12(10)13)16(14-2)6-4-3-5-7-16;/h8-9,14H,3-7H2,1-2H3;1H/q+1;. The van der Waals surface area contributed by atoms with Gasteiger partial charge in [0.05, 0.1) is 6.20 Å². The Hall–Kier alpha value is -0.350. The number of nitrogens with one attached hydrogen (secondary N) is 1. The summed E-state index contributed by atoms with van der Waals surface area (Å²) in [6.07, 6.45) is 5.77. The summed E-state index contributed by atoms with van der Waals surface area (Å²) in [6.45, 7) is 4.29. The van der Waals surface area contributed by atoms with Crippen molar-refractivity contribution >= 4 is 29.7 Å². The number of rotatable bonds is 2. The molecular formula is C12H20Cl2N3+. The van der Waals surface area contributed by atoms with E-state index in [-0.39, 0.29) is 12.4 Å². The normalized spacial score (nSPS) is 18.5. The predicted molar refractivity (Wildman–Crippen MR) is 75.7 cm³/mol. The number of halogens is 2. The minimum absolute atomic E-state index is 0. The highest BCUT2D eigenvalue weighted by Gasteiger charge is 2.32.